The summed E-state index contributed by atoms with van der Waals surface area (Å²) in [4.78, 5) is 33.5. The van der Waals surface area contributed by atoms with Gasteiger partial charge < -0.3 is 4.74 Å². The molecule has 0 aliphatic rings. The van der Waals surface area contributed by atoms with Crippen molar-refractivity contribution in [3.05, 3.63) is 74.3 Å². The molecule has 0 aromatic heterocycles. The first-order valence-corrected chi connectivity index (χ1v) is 6.76. The number of rotatable bonds is 5. The Balaban J connectivity index is 2.06. The maximum Gasteiger partial charge on any atom is 0.340 e. The van der Waals surface area contributed by atoms with Crippen LogP contribution < -0.4 is 0 Å². The van der Waals surface area contributed by atoms with Crippen LogP contribution in [-0.4, -0.2) is 23.3 Å². The van der Waals surface area contributed by atoms with E-state index >= 15 is 0 Å². The molecule has 0 atom stereocenters. The van der Waals surface area contributed by atoms with Gasteiger partial charge in [-0.1, -0.05) is 11.6 Å². The normalized spacial score (nSPS) is 10.3. The minimum atomic E-state index is -1.20. The molecule has 6 nitrogen and oxygen atoms in total. The average Bonchev–Trinajstić information content (AvgIpc) is 2.54. The zero-order valence-corrected chi connectivity index (χ0v) is 12.5. The lowest BCUT2D eigenvalue weighted by atomic mass is 10.1. The topological polar surface area (TPSA) is 86.5 Å². The molecule has 9 heteroatoms. The summed E-state index contributed by atoms with van der Waals surface area (Å²) in [6.07, 6.45) is 0. The molecular weight excluding hydrogens is 348 g/mol. The summed E-state index contributed by atoms with van der Waals surface area (Å²) < 4.78 is 30.6. The van der Waals surface area contributed by atoms with E-state index in [4.69, 9.17) is 16.3 Å². The molecule has 0 saturated heterocycles. The zero-order chi connectivity index (χ0) is 17.9. The fourth-order valence-electron chi connectivity index (χ4n) is 1.74. The Labute approximate surface area is 138 Å². The second-order valence-electron chi connectivity index (χ2n) is 4.55. The first-order chi connectivity index (χ1) is 11.3. The van der Waals surface area contributed by atoms with Crippen LogP contribution in [0.3, 0.4) is 0 Å². The highest BCUT2D eigenvalue weighted by Gasteiger charge is 2.18. The predicted molar refractivity (Wildman–Crippen MR) is 79.1 cm³/mol. The van der Waals surface area contributed by atoms with E-state index in [9.17, 15) is 28.5 Å². The third kappa shape index (κ3) is 3.90. The van der Waals surface area contributed by atoms with Gasteiger partial charge in [0.15, 0.2) is 24.0 Å². The number of nitro benzene ring substituents is 1. The number of ketones is 1. The predicted octanol–water partition coefficient (Wildman–Crippen LogP) is 3.57. The summed E-state index contributed by atoms with van der Waals surface area (Å²) in [6.45, 7) is -0.725. The molecule has 24 heavy (non-hydrogen) atoms. The smallest absolute Gasteiger partial charge is 0.340 e. The van der Waals surface area contributed by atoms with Crippen molar-refractivity contribution in [2.24, 2.45) is 0 Å². The van der Waals surface area contributed by atoms with Gasteiger partial charge in [-0.15, -0.1) is 0 Å². The molecule has 0 amide bonds. The van der Waals surface area contributed by atoms with Gasteiger partial charge in [-0.25, -0.2) is 13.6 Å². The molecule has 0 fully saturated rings. The Morgan fingerprint density at radius 2 is 1.83 bits per heavy atom. The Morgan fingerprint density at radius 1 is 1.12 bits per heavy atom. The van der Waals surface area contributed by atoms with E-state index in [1.54, 1.807) is 0 Å². The van der Waals surface area contributed by atoms with Gasteiger partial charge in [0.25, 0.3) is 5.69 Å². The molecule has 0 radical (unpaired) electrons. The number of nitrogens with zero attached hydrogens (tertiary/aromatic N) is 1. The largest absolute Gasteiger partial charge is 0.454 e. The number of nitro groups is 1. The molecule has 0 spiro atoms. The van der Waals surface area contributed by atoms with Crippen LogP contribution in [0.1, 0.15) is 20.7 Å². The Kier molecular flexibility index (Phi) is 5.20. The second-order valence-corrected chi connectivity index (χ2v) is 4.96. The molecule has 0 unspecified atom stereocenters. The first kappa shape index (κ1) is 17.5. The lowest BCUT2D eigenvalue weighted by molar-refractivity contribution is -0.384. The van der Waals surface area contributed by atoms with E-state index in [1.165, 1.54) is 0 Å². The number of non-ortho nitro benzene ring substituents is 1. The van der Waals surface area contributed by atoms with Crippen LogP contribution >= 0.6 is 11.6 Å². The molecule has 0 saturated carbocycles. The van der Waals surface area contributed by atoms with Gasteiger partial charge in [-0.3, -0.25) is 14.9 Å². The van der Waals surface area contributed by atoms with Crippen LogP contribution in [0.5, 0.6) is 0 Å². The van der Waals surface area contributed by atoms with Gasteiger partial charge in [0.1, 0.15) is 0 Å². The number of carbonyl (C=O) groups is 2. The molecule has 0 aliphatic heterocycles. The highest BCUT2D eigenvalue weighted by Crippen LogP contribution is 2.23. The van der Waals surface area contributed by atoms with E-state index < -0.39 is 34.9 Å². The van der Waals surface area contributed by atoms with Crippen LogP contribution in [0.4, 0.5) is 14.5 Å². The number of hydrogen-bond donors (Lipinski definition) is 0. The van der Waals surface area contributed by atoms with Crippen LogP contribution in [0.25, 0.3) is 0 Å². The Morgan fingerprint density at radius 3 is 2.42 bits per heavy atom. The van der Waals surface area contributed by atoms with Crippen molar-refractivity contribution in [2.75, 3.05) is 6.61 Å². The highest BCUT2D eigenvalue weighted by atomic mass is 35.5. The number of benzene rings is 2. The van der Waals surface area contributed by atoms with Crippen molar-refractivity contribution >= 4 is 29.0 Å². The van der Waals surface area contributed by atoms with Crippen LogP contribution in [0.2, 0.25) is 5.02 Å². The molecule has 0 aliphatic carbocycles. The van der Waals surface area contributed by atoms with Crippen molar-refractivity contribution in [2.45, 2.75) is 0 Å². The molecule has 2 rings (SSSR count). The Bertz CT molecular complexity index is 841. The second kappa shape index (κ2) is 7.14. The van der Waals surface area contributed by atoms with Crippen LogP contribution in [-0.2, 0) is 4.74 Å². The molecule has 0 heterocycles. The van der Waals surface area contributed by atoms with E-state index in [1.807, 2.05) is 0 Å². The summed E-state index contributed by atoms with van der Waals surface area (Å²) in [5.41, 5.74) is -0.647. The first-order valence-electron chi connectivity index (χ1n) is 6.39. The Hall–Kier alpha value is -2.87. The quantitative estimate of drug-likeness (QED) is 0.354. The summed E-state index contributed by atoms with van der Waals surface area (Å²) in [5, 5.41) is 10.4. The molecule has 0 bridgehead atoms. The van der Waals surface area contributed by atoms with Gasteiger partial charge in [-0.05, 0) is 24.3 Å². The molecule has 2 aromatic carbocycles. The lowest BCUT2D eigenvalue weighted by Crippen LogP contribution is -2.15. The van der Waals surface area contributed by atoms with E-state index in [0.29, 0.717) is 6.07 Å². The van der Waals surface area contributed by atoms with Crippen molar-refractivity contribution < 1.29 is 28.0 Å². The van der Waals surface area contributed by atoms with Crippen molar-refractivity contribution in [3.8, 4) is 0 Å². The van der Waals surface area contributed by atoms with Gasteiger partial charge in [0, 0.05) is 17.7 Å². The van der Waals surface area contributed by atoms with Crippen LogP contribution in [0, 0.1) is 21.7 Å². The molecular formula is C15H8ClF2NO5. The van der Waals surface area contributed by atoms with Gasteiger partial charge >= 0.3 is 5.97 Å². The van der Waals surface area contributed by atoms with Gasteiger partial charge in [0.05, 0.1) is 15.5 Å². The third-order valence-electron chi connectivity index (χ3n) is 2.96. The van der Waals surface area contributed by atoms with E-state index in [2.05, 4.69) is 0 Å². The minimum absolute atomic E-state index is 0.166. The fourth-order valence-corrected chi connectivity index (χ4v) is 2.00. The maximum absolute atomic E-state index is 13.1. The van der Waals surface area contributed by atoms with Gasteiger partial charge in [0.2, 0.25) is 0 Å². The molecule has 124 valence electrons. The lowest BCUT2D eigenvalue weighted by Gasteiger charge is -2.06. The molecule has 2 aromatic rings. The van der Waals surface area contributed by atoms with Crippen molar-refractivity contribution in [1.82, 2.24) is 0 Å². The summed E-state index contributed by atoms with van der Waals surface area (Å²) >= 11 is 5.76. The van der Waals surface area contributed by atoms with E-state index in [0.717, 1.165) is 30.3 Å². The summed E-state index contributed by atoms with van der Waals surface area (Å²) in [6, 6.07) is 5.62. The maximum atomic E-state index is 13.1. The number of halogens is 3. The average molecular weight is 356 g/mol. The zero-order valence-electron chi connectivity index (χ0n) is 11.8. The number of esters is 1. The van der Waals surface area contributed by atoms with E-state index in [-0.39, 0.29) is 21.8 Å². The summed E-state index contributed by atoms with van der Waals surface area (Å²) in [7, 11) is 0. The SMILES string of the molecule is O=C(COC(=O)c1ccc([N+](=O)[O-])cc1Cl)c1ccc(F)c(F)c1. The minimum Gasteiger partial charge on any atom is -0.454 e. The standard InChI is InChI=1S/C15H8ClF2NO5/c16-11-6-9(19(22)23)2-3-10(11)15(21)24-7-14(20)8-1-4-12(17)13(18)5-8/h1-6H,7H2. The van der Waals surface area contributed by atoms with Crippen molar-refractivity contribution in [3.63, 3.8) is 0 Å². The monoisotopic (exact) mass is 355 g/mol. The van der Waals surface area contributed by atoms with Crippen molar-refractivity contribution in [1.29, 1.82) is 0 Å². The third-order valence-corrected chi connectivity index (χ3v) is 3.27. The number of ether oxygens (including phenoxy) is 1. The summed E-state index contributed by atoms with van der Waals surface area (Å²) in [5.74, 6) is -4.04. The fraction of sp³-hybridized carbons (Fsp3) is 0.0667. The number of carbonyl (C=O) groups excluding carboxylic acids is 2. The number of Topliss-reactive ketones (excluding diaryl/α,β-unsaturated/α-hetero) is 1. The highest BCUT2D eigenvalue weighted by molar-refractivity contribution is 6.33. The molecule has 0 N–H and O–H groups in total. The number of hydrogen-bond acceptors (Lipinski definition) is 5. The van der Waals surface area contributed by atoms with Crippen LogP contribution in [0.15, 0.2) is 36.4 Å². The van der Waals surface area contributed by atoms with Gasteiger partial charge in [-0.2, -0.15) is 0 Å².